The Morgan fingerprint density at radius 1 is 1.09 bits per heavy atom. The van der Waals surface area contributed by atoms with Gasteiger partial charge >= 0.3 is 5.69 Å². The molecule has 1 saturated heterocycles. The second kappa shape index (κ2) is 9.59. The topological polar surface area (TPSA) is 106 Å². The molecule has 0 spiro atoms. The summed E-state index contributed by atoms with van der Waals surface area (Å²) in [6.45, 7) is 7.18. The molecule has 9 heteroatoms. The quantitative estimate of drug-likeness (QED) is 0.444. The largest absolute Gasteiger partial charge is 0.369 e. The Balaban J connectivity index is 1.59. The minimum atomic E-state index is -0.282. The lowest BCUT2D eigenvalue weighted by molar-refractivity contribution is 0.226. The molecule has 3 aromatic heterocycles. The van der Waals surface area contributed by atoms with Crippen LogP contribution in [0.1, 0.15) is 24.2 Å². The van der Waals surface area contributed by atoms with E-state index in [9.17, 15) is 4.79 Å². The van der Waals surface area contributed by atoms with E-state index in [0.29, 0.717) is 30.5 Å². The van der Waals surface area contributed by atoms with Crippen molar-refractivity contribution in [3.8, 4) is 22.4 Å². The third-order valence-corrected chi connectivity index (χ3v) is 6.55. The molecule has 0 bridgehead atoms. The van der Waals surface area contributed by atoms with Gasteiger partial charge in [-0.3, -0.25) is 4.98 Å². The van der Waals surface area contributed by atoms with Crippen molar-refractivity contribution in [2.75, 3.05) is 32.4 Å². The first-order valence-corrected chi connectivity index (χ1v) is 12.1. The molecular formula is C26H32N8O. The van der Waals surface area contributed by atoms with Crippen LogP contribution in [0.5, 0.6) is 0 Å². The van der Waals surface area contributed by atoms with Gasteiger partial charge in [-0.25, -0.2) is 18.9 Å². The molecule has 1 fully saturated rings. The van der Waals surface area contributed by atoms with Crippen LogP contribution in [0.25, 0.3) is 28.0 Å². The van der Waals surface area contributed by atoms with E-state index in [1.54, 1.807) is 0 Å². The Labute approximate surface area is 204 Å². The summed E-state index contributed by atoms with van der Waals surface area (Å²) < 4.78 is 2.91. The van der Waals surface area contributed by atoms with Gasteiger partial charge in [0.2, 0.25) is 5.95 Å². The fourth-order valence-electron chi connectivity index (χ4n) is 5.01. The van der Waals surface area contributed by atoms with Crippen LogP contribution in [0.2, 0.25) is 0 Å². The summed E-state index contributed by atoms with van der Waals surface area (Å²) in [7, 11) is 2.14. The number of rotatable bonds is 6. The van der Waals surface area contributed by atoms with Crippen molar-refractivity contribution in [2.45, 2.75) is 39.3 Å². The smallest absolute Gasteiger partial charge is 0.353 e. The Bertz CT molecular complexity index is 1390. The fourth-order valence-corrected chi connectivity index (χ4v) is 5.01. The number of hydrogen-bond donors (Lipinski definition) is 2. The lowest BCUT2D eigenvalue weighted by Crippen LogP contribution is -2.45. The molecule has 9 nitrogen and oxygen atoms in total. The number of likely N-dealkylation sites (tertiary alicyclic amines) is 1. The van der Waals surface area contributed by atoms with Crippen LogP contribution >= 0.6 is 0 Å². The van der Waals surface area contributed by atoms with Crippen LogP contribution < -0.4 is 16.7 Å². The summed E-state index contributed by atoms with van der Waals surface area (Å²) in [4.78, 5) is 24.9. The van der Waals surface area contributed by atoms with Crippen molar-refractivity contribution in [3.05, 3.63) is 64.3 Å². The number of nitrogens with two attached hydrogens (primary N) is 1. The number of hydrogen-bond acceptors (Lipinski definition) is 7. The van der Waals surface area contributed by atoms with Crippen LogP contribution in [-0.4, -0.2) is 61.8 Å². The Morgan fingerprint density at radius 3 is 2.54 bits per heavy atom. The maximum atomic E-state index is 13.3. The molecule has 1 aliphatic rings. The molecule has 1 unspecified atom stereocenters. The number of fused-ring (bicyclic) bond motifs is 1. The van der Waals surface area contributed by atoms with Crippen LogP contribution in [0.3, 0.4) is 0 Å². The maximum absolute atomic E-state index is 13.3. The van der Waals surface area contributed by atoms with Gasteiger partial charge in [-0.05, 0) is 58.0 Å². The average Bonchev–Trinajstić information content (AvgIpc) is 3.15. The van der Waals surface area contributed by atoms with Gasteiger partial charge in [0, 0.05) is 36.1 Å². The summed E-state index contributed by atoms with van der Waals surface area (Å²) in [6.07, 6.45) is 2.33. The van der Waals surface area contributed by atoms with Crippen LogP contribution in [0.4, 0.5) is 5.95 Å². The first kappa shape index (κ1) is 23.2. The molecule has 5 rings (SSSR count). The van der Waals surface area contributed by atoms with Crippen LogP contribution in [0, 0.1) is 13.8 Å². The maximum Gasteiger partial charge on any atom is 0.353 e. The zero-order valence-corrected chi connectivity index (χ0v) is 20.5. The predicted molar refractivity (Wildman–Crippen MR) is 138 cm³/mol. The molecule has 3 N–H and O–H groups in total. The van der Waals surface area contributed by atoms with E-state index in [0.717, 1.165) is 47.6 Å². The number of aryl methyl sites for hydroxylation is 2. The minimum absolute atomic E-state index is 0.128. The van der Waals surface area contributed by atoms with Gasteiger partial charge in [0.1, 0.15) is 0 Å². The number of likely N-dealkylation sites (N-methyl/N-ethyl adjacent to an activating group) is 1. The number of nitrogens with one attached hydrogen (secondary N) is 1. The molecule has 1 aromatic carbocycles. The van der Waals surface area contributed by atoms with Crippen molar-refractivity contribution in [1.29, 1.82) is 0 Å². The summed E-state index contributed by atoms with van der Waals surface area (Å²) in [5.41, 5.74) is 11.6. The van der Waals surface area contributed by atoms with Gasteiger partial charge in [0.25, 0.3) is 0 Å². The Hall–Kier alpha value is -3.56. The van der Waals surface area contributed by atoms with Crippen molar-refractivity contribution in [2.24, 2.45) is 0 Å². The predicted octanol–water partition coefficient (Wildman–Crippen LogP) is 2.50. The molecule has 182 valence electrons. The van der Waals surface area contributed by atoms with Crippen LogP contribution in [-0.2, 0) is 6.54 Å². The molecule has 1 aliphatic heterocycles. The standard InChI is InChI=1S/C26H32N8O/c1-17-14-20(15-18(2)29-17)22-23(19-8-5-4-6-9-19)30-25(27)34-24(22)31-33(26(34)35)13-11-28-21-10-7-12-32(3)16-21/h4-6,8-9,14-15,21,28H,7,10-13,16H2,1-3H3,(H2,27,30). The summed E-state index contributed by atoms with van der Waals surface area (Å²) in [5, 5.41) is 8.35. The van der Waals surface area contributed by atoms with Crippen molar-refractivity contribution >= 4 is 11.6 Å². The lowest BCUT2D eigenvalue weighted by atomic mass is 9.99. The Morgan fingerprint density at radius 2 is 1.83 bits per heavy atom. The van der Waals surface area contributed by atoms with Crippen molar-refractivity contribution in [3.63, 3.8) is 0 Å². The second-order valence-corrected chi connectivity index (χ2v) is 9.42. The third-order valence-electron chi connectivity index (χ3n) is 6.55. The summed E-state index contributed by atoms with van der Waals surface area (Å²) >= 11 is 0. The highest BCUT2D eigenvalue weighted by atomic mass is 16.2. The molecule has 1 atom stereocenters. The molecule has 0 amide bonds. The molecule has 35 heavy (non-hydrogen) atoms. The van der Waals surface area contributed by atoms with E-state index in [1.165, 1.54) is 15.5 Å². The van der Waals surface area contributed by atoms with Crippen molar-refractivity contribution in [1.82, 2.24) is 34.4 Å². The summed E-state index contributed by atoms with van der Waals surface area (Å²) in [6, 6.07) is 14.3. The van der Waals surface area contributed by atoms with E-state index in [-0.39, 0.29) is 11.6 Å². The van der Waals surface area contributed by atoms with Crippen molar-refractivity contribution < 1.29 is 0 Å². The van der Waals surface area contributed by atoms with E-state index in [1.807, 2.05) is 56.3 Å². The molecular weight excluding hydrogens is 440 g/mol. The minimum Gasteiger partial charge on any atom is -0.369 e. The zero-order chi connectivity index (χ0) is 24.5. The molecule has 0 radical (unpaired) electrons. The second-order valence-electron chi connectivity index (χ2n) is 9.42. The number of benzene rings is 1. The fraction of sp³-hybridized carbons (Fsp3) is 0.385. The SMILES string of the molecule is Cc1cc(-c2c(-c3ccccc3)nc(N)n3c(=O)n(CCNC4CCCN(C)C4)nc23)cc(C)n1. The van der Waals surface area contributed by atoms with Crippen LogP contribution in [0.15, 0.2) is 47.3 Å². The van der Waals surface area contributed by atoms with Gasteiger partial charge in [0.05, 0.1) is 17.8 Å². The number of anilines is 1. The first-order chi connectivity index (χ1) is 16.9. The number of piperidine rings is 1. The lowest BCUT2D eigenvalue weighted by Gasteiger charge is -2.30. The Kier molecular flexibility index (Phi) is 6.36. The molecule has 0 aliphatic carbocycles. The number of aromatic nitrogens is 5. The third kappa shape index (κ3) is 4.69. The van der Waals surface area contributed by atoms with Gasteiger partial charge in [-0.15, -0.1) is 5.10 Å². The number of nitrogens with zero attached hydrogens (tertiary/aromatic N) is 6. The number of nitrogen functional groups attached to an aromatic ring is 1. The van der Waals surface area contributed by atoms with E-state index in [4.69, 9.17) is 10.8 Å². The molecule has 0 saturated carbocycles. The van der Waals surface area contributed by atoms with Gasteiger partial charge < -0.3 is 16.0 Å². The highest BCUT2D eigenvalue weighted by Gasteiger charge is 2.22. The van der Waals surface area contributed by atoms with E-state index >= 15 is 0 Å². The normalized spacial score (nSPS) is 16.7. The summed E-state index contributed by atoms with van der Waals surface area (Å²) in [5.74, 6) is 0.128. The molecule has 4 heterocycles. The monoisotopic (exact) mass is 472 g/mol. The molecule has 4 aromatic rings. The zero-order valence-electron chi connectivity index (χ0n) is 20.5. The van der Waals surface area contributed by atoms with E-state index < -0.39 is 0 Å². The van der Waals surface area contributed by atoms with Gasteiger partial charge in [-0.1, -0.05) is 30.3 Å². The highest BCUT2D eigenvalue weighted by molar-refractivity contribution is 5.90. The van der Waals surface area contributed by atoms with Gasteiger partial charge in [0.15, 0.2) is 5.65 Å². The van der Waals surface area contributed by atoms with Gasteiger partial charge in [-0.2, -0.15) is 0 Å². The van der Waals surface area contributed by atoms with E-state index in [2.05, 4.69) is 27.2 Å². The first-order valence-electron chi connectivity index (χ1n) is 12.1. The highest BCUT2D eigenvalue weighted by Crippen LogP contribution is 2.34. The average molecular weight is 473 g/mol. The number of pyridine rings is 1.